The first-order valence-electron chi connectivity index (χ1n) is 25.0. The summed E-state index contributed by atoms with van der Waals surface area (Å²) in [5.41, 5.74) is 0. The number of carboxylic acids is 1. The van der Waals surface area contributed by atoms with Crippen LogP contribution < -0.4 is 0 Å². The van der Waals surface area contributed by atoms with Crippen LogP contribution in [-0.2, 0) is 14.3 Å². The summed E-state index contributed by atoms with van der Waals surface area (Å²) in [6.07, 6.45) is 66.6. The van der Waals surface area contributed by atoms with Gasteiger partial charge in [-0.2, -0.15) is 0 Å². The molecule has 56 heavy (non-hydrogen) atoms. The lowest BCUT2D eigenvalue weighted by Gasteiger charge is -2.06. The Morgan fingerprint density at radius 1 is 0.357 bits per heavy atom. The minimum atomic E-state index is -0.653. The van der Waals surface area contributed by atoms with Gasteiger partial charge in [0.25, 0.3) is 0 Å². The number of carboxylic acid groups (broad SMARTS) is 1. The summed E-state index contributed by atoms with van der Waals surface area (Å²) in [4.78, 5) is 22.5. The van der Waals surface area contributed by atoms with Crippen LogP contribution in [0.3, 0.4) is 0 Å². The highest BCUT2D eigenvalue weighted by molar-refractivity contribution is 5.69. The Morgan fingerprint density at radius 3 is 1.00 bits per heavy atom. The Morgan fingerprint density at radius 2 is 0.643 bits per heavy atom. The van der Waals surface area contributed by atoms with Crippen molar-refractivity contribution in [1.82, 2.24) is 0 Å². The average molecular weight is 785 g/mol. The monoisotopic (exact) mass is 785 g/mol. The van der Waals surface area contributed by atoms with E-state index in [1.54, 1.807) is 0 Å². The summed E-state index contributed by atoms with van der Waals surface area (Å²) in [7, 11) is 0. The standard InChI is InChI=1S/C52H96O4/c1-2-3-4-5-6-7-8-9-27-31-34-37-40-43-46-49-52(55)56-50-47-44-41-38-35-32-29-26-24-22-20-18-16-14-12-10-11-13-15-17-19-21-23-25-28-30-33-36-39-42-45-48-51(53)54/h3-4,6-7,9,27H,2,5,8,10-26,28-50H2,1H3,(H,53,54)/b4-3-,7-6-,27-9-. The molecule has 0 atom stereocenters. The van der Waals surface area contributed by atoms with E-state index in [0.717, 1.165) is 51.4 Å². The average Bonchev–Trinajstić information content (AvgIpc) is 3.19. The van der Waals surface area contributed by atoms with Crippen molar-refractivity contribution in [2.75, 3.05) is 6.61 Å². The maximum atomic E-state index is 12.0. The second-order valence-corrected chi connectivity index (χ2v) is 16.9. The van der Waals surface area contributed by atoms with Crippen molar-refractivity contribution in [1.29, 1.82) is 0 Å². The largest absolute Gasteiger partial charge is 0.481 e. The number of allylic oxidation sites excluding steroid dienone is 6. The van der Waals surface area contributed by atoms with Crippen molar-refractivity contribution in [3.63, 3.8) is 0 Å². The fourth-order valence-corrected chi connectivity index (χ4v) is 7.65. The van der Waals surface area contributed by atoms with E-state index in [0.29, 0.717) is 19.4 Å². The summed E-state index contributed by atoms with van der Waals surface area (Å²) in [5.74, 6) is -0.649. The minimum Gasteiger partial charge on any atom is -0.481 e. The number of esters is 1. The number of carbonyl (C=O) groups excluding carboxylic acids is 1. The number of unbranched alkanes of at least 4 members (excludes halogenated alkanes) is 35. The molecule has 4 heteroatoms. The van der Waals surface area contributed by atoms with Gasteiger partial charge in [0.05, 0.1) is 6.61 Å². The van der Waals surface area contributed by atoms with Crippen molar-refractivity contribution in [3.8, 4) is 0 Å². The molecule has 1 N–H and O–H groups in total. The molecule has 0 aromatic rings. The Hall–Kier alpha value is -1.84. The van der Waals surface area contributed by atoms with Crippen LogP contribution in [0.25, 0.3) is 0 Å². The van der Waals surface area contributed by atoms with Gasteiger partial charge < -0.3 is 9.84 Å². The Balaban J connectivity index is 3.17. The molecule has 0 aliphatic rings. The van der Waals surface area contributed by atoms with Gasteiger partial charge in [-0.25, -0.2) is 0 Å². The van der Waals surface area contributed by atoms with Gasteiger partial charge in [-0.05, 0) is 51.4 Å². The van der Waals surface area contributed by atoms with Gasteiger partial charge in [0.15, 0.2) is 0 Å². The molecule has 0 bridgehead atoms. The third kappa shape index (κ3) is 50.2. The van der Waals surface area contributed by atoms with Crippen LogP contribution in [0.15, 0.2) is 36.5 Å². The zero-order valence-corrected chi connectivity index (χ0v) is 37.5. The van der Waals surface area contributed by atoms with E-state index < -0.39 is 5.97 Å². The van der Waals surface area contributed by atoms with E-state index in [-0.39, 0.29) is 5.97 Å². The molecule has 0 spiro atoms. The minimum absolute atomic E-state index is 0.00423. The van der Waals surface area contributed by atoms with E-state index in [9.17, 15) is 9.59 Å². The van der Waals surface area contributed by atoms with E-state index in [2.05, 4.69) is 43.4 Å². The van der Waals surface area contributed by atoms with Gasteiger partial charge in [-0.3, -0.25) is 9.59 Å². The van der Waals surface area contributed by atoms with E-state index in [4.69, 9.17) is 9.84 Å². The topological polar surface area (TPSA) is 63.6 Å². The molecule has 0 saturated carbocycles. The number of hydrogen-bond donors (Lipinski definition) is 1. The van der Waals surface area contributed by atoms with Gasteiger partial charge in [-0.15, -0.1) is 0 Å². The van der Waals surface area contributed by atoms with Crippen molar-refractivity contribution in [2.45, 2.75) is 277 Å². The van der Waals surface area contributed by atoms with E-state index in [1.165, 1.54) is 205 Å². The zero-order chi connectivity index (χ0) is 40.5. The van der Waals surface area contributed by atoms with Crippen LogP contribution >= 0.6 is 0 Å². The number of rotatable bonds is 47. The fourth-order valence-electron chi connectivity index (χ4n) is 7.65. The SMILES string of the molecule is CC/C=C\C/C=C\C/C=C\CCCCCCCC(=O)OCCCCCCCCCCCCCCCCCCCCCCCCCCCCCCCCCC(=O)O. The highest BCUT2D eigenvalue weighted by Crippen LogP contribution is 2.17. The molecule has 0 rings (SSSR count). The second kappa shape index (κ2) is 49.3. The molecular weight excluding hydrogens is 689 g/mol. The Labute approximate surface area is 350 Å². The normalized spacial score (nSPS) is 11.9. The maximum absolute atomic E-state index is 12.0. The zero-order valence-electron chi connectivity index (χ0n) is 37.5. The molecule has 0 unspecified atom stereocenters. The Bertz CT molecular complexity index is 874. The number of carbonyl (C=O) groups is 2. The molecule has 0 aromatic carbocycles. The van der Waals surface area contributed by atoms with Crippen molar-refractivity contribution in [3.05, 3.63) is 36.5 Å². The molecule has 0 fully saturated rings. The lowest BCUT2D eigenvalue weighted by molar-refractivity contribution is -0.144. The van der Waals surface area contributed by atoms with Crippen LogP contribution in [0, 0.1) is 0 Å². The van der Waals surface area contributed by atoms with E-state index >= 15 is 0 Å². The predicted molar refractivity (Wildman–Crippen MR) is 246 cm³/mol. The van der Waals surface area contributed by atoms with Gasteiger partial charge in [0.2, 0.25) is 0 Å². The molecule has 0 amide bonds. The van der Waals surface area contributed by atoms with Gasteiger partial charge in [0, 0.05) is 12.8 Å². The molecule has 0 saturated heterocycles. The van der Waals surface area contributed by atoms with Crippen LogP contribution in [-0.4, -0.2) is 23.7 Å². The third-order valence-corrected chi connectivity index (χ3v) is 11.3. The maximum Gasteiger partial charge on any atom is 0.305 e. The first-order valence-corrected chi connectivity index (χ1v) is 25.0. The predicted octanol–water partition coefficient (Wildman–Crippen LogP) is 17.7. The summed E-state index contributed by atoms with van der Waals surface area (Å²) < 4.78 is 5.47. The highest BCUT2D eigenvalue weighted by Gasteiger charge is 2.03. The third-order valence-electron chi connectivity index (χ3n) is 11.3. The number of hydrogen-bond acceptors (Lipinski definition) is 3. The lowest BCUT2D eigenvalue weighted by Crippen LogP contribution is -2.05. The molecule has 0 aliphatic heterocycles. The molecular formula is C52H96O4. The van der Waals surface area contributed by atoms with Crippen LogP contribution in [0.1, 0.15) is 277 Å². The van der Waals surface area contributed by atoms with Crippen LogP contribution in [0.2, 0.25) is 0 Å². The number of aliphatic carboxylic acids is 1. The molecule has 0 aromatic heterocycles. The smallest absolute Gasteiger partial charge is 0.305 e. The van der Waals surface area contributed by atoms with E-state index in [1.807, 2.05) is 0 Å². The van der Waals surface area contributed by atoms with Crippen molar-refractivity contribution < 1.29 is 19.4 Å². The van der Waals surface area contributed by atoms with Gasteiger partial charge in [-0.1, -0.05) is 249 Å². The van der Waals surface area contributed by atoms with Gasteiger partial charge >= 0.3 is 11.9 Å². The first kappa shape index (κ1) is 54.2. The summed E-state index contributed by atoms with van der Waals surface area (Å²) >= 11 is 0. The first-order chi connectivity index (χ1) is 27.7. The molecule has 0 aliphatic carbocycles. The molecule has 0 heterocycles. The Kier molecular flexibility index (Phi) is 47.7. The highest BCUT2D eigenvalue weighted by atomic mass is 16.5. The lowest BCUT2D eigenvalue weighted by atomic mass is 10.0. The van der Waals surface area contributed by atoms with Gasteiger partial charge in [0.1, 0.15) is 0 Å². The summed E-state index contributed by atoms with van der Waals surface area (Å²) in [6, 6.07) is 0. The molecule has 328 valence electrons. The van der Waals surface area contributed by atoms with Crippen molar-refractivity contribution >= 4 is 11.9 Å². The van der Waals surface area contributed by atoms with Crippen LogP contribution in [0.5, 0.6) is 0 Å². The molecule has 0 radical (unpaired) electrons. The number of ether oxygens (including phenoxy) is 1. The summed E-state index contributed by atoms with van der Waals surface area (Å²) in [5, 5.41) is 8.66. The quantitative estimate of drug-likeness (QED) is 0.0379. The van der Waals surface area contributed by atoms with Crippen molar-refractivity contribution in [2.24, 2.45) is 0 Å². The summed E-state index contributed by atoms with van der Waals surface area (Å²) in [6.45, 7) is 2.78. The van der Waals surface area contributed by atoms with Crippen LogP contribution in [0.4, 0.5) is 0 Å². The molecule has 4 nitrogen and oxygen atoms in total. The second-order valence-electron chi connectivity index (χ2n) is 16.9. The fraction of sp³-hybridized carbons (Fsp3) is 0.846.